The molecule has 0 unspecified atom stereocenters. The molecule has 0 bridgehead atoms. The summed E-state index contributed by atoms with van der Waals surface area (Å²) in [6.07, 6.45) is 2.11. The van der Waals surface area contributed by atoms with Gasteiger partial charge in [-0.05, 0) is 30.7 Å². The molecule has 0 saturated heterocycles. The fourth-order valence-corrected chi connectivity index (χ4v) is 5.55. The second kappa shape index (κ2) is 7.79. The topological polar surface area (TPSA) is 66.8 Å². The quantitative estimate of drug-likeness (QED) is 0.660. The number of carbonyl (C=O) groups is 2. The monoisotopic (exact) mass is 437 g/mol. The van der Waals surface area contributed by atoms with E-state index in [-0.39, 0.29) is 28.1 Å². The first-order valence-electron chi connectivity index (χ1n) is 11.7. The molecule has 1 aromatic rings. The average molecular weight is 438 g/mol. The first kappa shape index (κ1) is 22.6. The van der Waals surface area contributed by atoms with E-state index in [2.05, 4.69) is 46.4 Å². The molecule has 0 aromatic heterocycles. The van der Waals surface area contributed by atoms with Gasteiger partial charge in [0.1, 0.15) is 17.3 Å². The van der Waals surface area contributed by atoms with E-state index in [9.17, 15) is 14.7 Å². The molecule has 1 aromatic carbocycles. The highest BCUT2D eigenvalue weighted by Gasteiger charge is 2.48. The van der Waals surface area contributed by atoms with Crippen molar-refractivity contribution in [2.24, 2.45) is 10.8 Å². The zero-order valence-electron chi connectivity index (χ0n) is 20.2. The molecule has 0 fully saturated rings. The maximum atomic E-state index is 13.4. The molecule has 0 radical (unpaired) electrons. The van der Waals surface area contributed by atoms with Crippen LogP contribution in [0.2, 0.25) is 0 Å². The van der Waals surface area contributed by atoms with Crippen LogP contribution >= 0.6 is 0 Å². The summed E-state index contributed by atoms with van der Waals surface area (Å²) < 4.78 is 6.32. The van der Waals surface area contributed by atoms with Crippen LogP contribution in [0.5, 0.6) is 5.75 Å². The highest BCUT2D eigenvalue weighted by Crippen LogP contribution is 2.54. The van der Waals surface area contributed by atoms with Crippen molar-refractivity contribution in [3.63, 3.8) is 0 Å². The Hall–Kier alpha value is -2.56. The number of ketones is 2. The predicted molar refractivity (Wildman–Crippen MR) is 126 cm³/mol. The van der Waals surface area contributed by atoms with E-state index in [1.807, 2.05) is 12.1 Å². The number of rotatable bonds is 4. The third-order valence-corrected chi connectivity index (χ3v) is 7.04. The van der Waals surface area contributed by atoms with E-state index in [1.54, 1.807) is 6.07 Å². The predicted octanol–water partition coefficient (Wildman–Crippen LogP) is 5.64. The van der Waals surface area contributed by atoms with E-state index >= 15 is 0 Å². The van der Waals surface area contributed by atoms with Crippen LogP contribution in [0.25, 0.3) is 0 Å². The number of anilines is 1. The second-order valence-corrected chi connectivity index (χ2v) is 11.0. The van der Waals surface area contributed by atoms with Gasteiger partial charge in [-0.1, -0.05) is 33.8 Å². The number of allylic oxidation sites excluding steroid dienone is 4. The molecule has 3 aliphatic rings. The van der Waals surface area contributed by atoms with Gasteiger partial charge in [-0.2, -0.15) is 0 Å². The number of benzene rings is 1. The molecular weight excluding hydrogens is 402 g/mol. The molecular formula is C27H35NO4. The summed E-state index contributed by atoms with van der Waals surface area (Å²) in [7, 11) is 0. The molecule has 0 spiro atoms. The number of aromatic hydroxyl groups is 1. The van der Waals surface area contributed by atoms with Gasteiger partial charge in [-0.15, -0.1) is 0 Å². The van der Waals surface area contributed by atoms with Crippen molar-refractivity contribution < 1.29 is 19.4 Å². The Bertz CT molecular complexity index is 988. The van der Waals surface area contributed by atoms with Gasteiger partial charge in [0.15, 0.2) is 11.6 Å². The minimum Gasteiger partial charge on any atom is -0.508 e. The summed E-state index contributed by atoms with van der Waals surface area (Å²) in [5, 5.41) is 11.1. The van der Waals surface area contributed by atoms with E-state index in [0.29, 0.717) is 53.9 Å². The average Bonchev–Trinajstić information content (AvgIpc) is 2.65. The highest BCUT2D eigenvalue weighted by molar-refractivity contribution is 6.06. The van der Waals surface area contributed by atoms with E-state index in [4.69, 9.17) is 4.74 Å². The van der Waals surface area contributed by atoms with Crippen molar-refractivity contribution in [2.45, 2.75) is 73.1 Å². The molecule has 0 saturated carbocycles. The Balaban J connectivity index is 1.89. The number of nitrogens with zero attached hydrogens (tertiary/aromatic N) is 1. The van der Waals surface area contributed by atoms with Crippen LogP contribution in [0.4, 0.5) is 5.69 Å². The Kier molecular flexibility index (Phi) is 5.51. The van der Waals surface area contributed by atoms with Crippen LogP contribution in [-0.4, -0.2) is 29.8 Å². The number of phenolic OH excluding ortho intramolecular Hbond substituents is 1. The van der Waals surface area contributed by atoms with Gasteiger partial charge in [0.05, 0.1) is 5.92 Å². The highest BCUT2D eigenvalue weighted by atomic mass is 16.5. The molecule has 32 heavy (non-hydrogen) atoms. The number of ether oxygens (including phenoxy) is 1. The van der Waals surface area contributed by atoms with Gasteiger partial charge < -0.3 is 14.7 Å². The van der Waals surface area contributed by atoms with Crippen molar-refractivity contribution in [1.29, 1.82) is 0 Å². The summed E-state index contributed by atoms with van der Waals surface area (Å²) >= 11 is 0. The molecule has 4 rings (SSSR count). The molecule has 172 valence electrons. The summed E-state index contributed by atoms with van der Waals surface area (Å²) in [6.45, 7) is 14.1. The lowest BCUT2D eigenvalue weighted by Gasteiger charge is -2.42. The molecule has 5 nitrogen and oxygen atoms in total. The van der Waals surface area contributed by atoms with Crippen molar-refractivity contribution in [3.05, 3.63) is 46.4 Å². The molecule has 0 amide bonds. The fraction of sp³-hybridized carbons (Fsp3) is 0.556. The zero-order chi connectivity index (χ0) is 23.4. The molecule has 1 aliphatic heterocycles. The van der Waals surface area contributed by atoms with Gasteiger partial charge in [0.2, 0.25) is 0 Å². The van der Waals surface area contributed by atoms with Crippen molar-refractivity contribution in [1.82, 2.24) is 0 Å². The standard InChI is InChI=1S/C27H35NO4/c1-7-28(8-2)16-9-10-17(18(29)11-16)23-24-19(30)12-26(3,4)14-21(24)32-22-15-27(5,6)13-20(31)25(22)23/h9-11,23,29H,7-8,12-15H2,1-6H3. The molecule has 0 atom stereocenters. The summed E-state index contributed by atoms with van der Waals surface area (Å²) in [6, 6.07) is 5.62. The van der Waals surface area contributed by atoms with Gasteiger partial charge in [0.25, 0.3) is 0 Å². The third kappa shape index (κ3) is 3.87. The first-order chi connectivity index (χ1) is 15.0. The summed E-state index contributed by atoms with van der Waals surface area (Å²) in [5.74, 6) is 0.928. The number of carbonyl (C=O) groups excluding carboxylic acids is 2. The van der Waals surface area contributed by atoms with Crippen LogP contribution in [0.15, 0.2) is 40.9 Å². The van der Waals surface area contributed by atoms with Crippen LogP contribution in [0, 0.1) is 10.8 Å². The SMILES string of the molecule is CCN(CC)c1ccc(C2C3=C(CC(C)(C)CC3=O)OC3=C2C(=O)CC(C)(C)C3)c(O)c1. The normalized spacial score (nSPS) is 22.4. The first-order valence-corrected chi connectivity index (χ1v) is 11.7. The smallest absolute Gasteiger partial charge is 0.163 e. The maximum absolute atomic E-state index is 13.4. The van der Waals surface area contributed by atoms with Crippen LogP contribution in [0.1, 0.15) is 78.7 Å². The summed E-state index contributed by atoms with van der Waals surface area (Å²) in [5.41, 5.74) is 2.27. The van der Waals surface area contributed by atoms with Crippen LogP contribution in [-0.2, 0) is 14.3 Å². The number of Topliss-reactive ketones (excluding diaryl/α,β-unsaturated/α-hetero) is 2. The molecule has 5 heteroatoms. The minimum absolute atomic E-state index is 0.0117. The zero-order valence-corrected chi connectivity index (χ0v) is 20.2. The lowest BCUT2D eigenvalue weighted by atomic mass is 9.65. The Labute approximate surface area is 191 Å². The Morgan fingerprint density at radius 1 is 0.906 bits per heavy atom. The molecule has 2 aliphatic carbocycles. The summed E-state index contributed by atoms with van der Waals surface area (Å²) in [4.78, 5) is 28.9. The number of hydrogen-bond donors (Lipinski definition) is 1. The Morgan fingerprint density at radius 3 is 1.84 bits per heavy atom. The van der Waals surface area contributed by atoms with Gasteiger partial charge in [-0.3, -0.25) is 9.59 Å². The lowest BCUT2D eigenvalue weighted by molar-refractivity contribution is -0.120. The molecule has 1 N–H and O–H groups in total. The van der Waals surface area contributed by atoms with Crippen molar-refractivity contribution >= 4 is 17.3 Å². The minimum atomic E-state index is -0.563. The van der Waals surface area contributed by atoms with Crippen LogP contribution in [0.3, 0.4) is 0 Å². The van der Waals surface area contributed by atoms with Crippen LogP contribution < -0.4 is 4.90 Å². The van der Waals surface area contributed by atoms with Gasteiger partial charge in [0, 0.05) is 67.2 Å². The van der Waals surface area contributed by atoms with Gasteiger partial charge in [-0.25, -0.2) is 0 Å². The largest absolute Gasteiger partial charge is 0.508 e. The van der Waals surface area contributed by atoms with Crippen molar-refractivity contribution in [3.8, 4) is 5.75 Å². The Morgan fingerprint density at radius 2 is 1.41 bits per heavy atom. The number of hydrogen-bond acceptors (Lipinski definition) is 5. The van der Waals surface area contributed by atoms with Gasteiger partial charge >= 0.3 is 0 Å². The molecule has 1 heterocycles. The number of phenols is 1. The fourth-order valence-electron chi connectivity index (χ4n) is 5.55. The third-order valence-electron chi connectivity index (χ3n) is 7.04. The van der Waals surface area contributed by atoms with E-state index in [1.165, 1.54) is 0 Å². The van der Waals surface area contributed by atoms with Crippen molar-refractivity contribution in [2.75, 3.05) is 18.0 Å². The van der Waals surface area contributed by atoms with E-state index < -0.39 is 5.92 Å². The maximum Gasteiger partial charge on any atom is 0.163 e. The van der Waals surface area contributed by atoms with E-state index in [0.717, 1.165) is 18.8 Å². The second-order valence-electron chi connectivity index (χ2n) is 11.0. The lowest BCUT2D eigenvalue weighted by Crippen LogP contribution is -2.37.